The molecule has 9 nitrogen and oxygen atoms in total. The zero-order valence-electron chi connectivity index (χ0n) is 19.2. The van der Waals surface area contributed by atoms with Crippen LogP contribution in [0, 0.1) is 11.6 Å². The minimum atomic E-state index is -1.04. The van der Waals surface area contributed by atoms with Gasteiger partial charge in [0.25, 0.3) is 11.8 Å². The number of furan rings is 2. The first-order valence-corrected chi connectivity index (χ1v) is 11.3. The minimum Gasteiger partial charge on any atom is -0.455 e. The molecular formula is C25H23F2N5O4. The van der Waals surface area contributed by atoms with Gasteiger partial charge in [0, 0.05) is 51.2 Å². The number of carbonyl (C=O) groups excluding carboxylic acids is 2. The summed E-state index contributed by atoms with van der Waals surface area (Å²) in [4.78, 5) is 33.2. The number of aromatic nitrogens is 1. The smallest absolute Gasteiger partial charge is 0.291 e. The summed E-state index contributed by atoms with van der Waals surface area (Å²) < 4.78 is 38.7. The van der Waals surface area contributed by atoms with Crippen LogP contribution in [0.4, 0.5) is 14.5 Å². The van der Waals surface area contributed by atoms with Crippen molar-refractivity contribution in [3.05, 3.63) is 83.3 Å². The van der Waals surface area contributed by atoms with Crippen LogP contribution in [0.1, 0.15) is 32.4 Å². The molecule has 1 fully saturated rings. The highest BCUT2D eigenvalue weighted by Gasteiger charge is 2.25. The Morgan fingerprint density at radius 3 is 2.36 bits per heavy atom. The summed E-state index contributed by atoms with van der Waals surface area (Å²) in [6.45, 7) is 4.86. The summed E-state index contributed by atoms with van der Waals surface area (Å²) in [6, 6.07) is 8.77. The lowest BCUT2D eigenvalue weighted by Gasteiger charge is -2.34. The van der Waals surface area contributed by atoms with Crippen LogP contribution < -0.4 is 11.1 Å². The van der Waals surface area contributed by atoms with Crippen molar-refractivity contribution in [2.75, 3.05) is 31.5 Å². The molecule has 4 aromatic rings. The van der Waals surface area contributed by atoms with Gasteiger partial charge in [-0.3, -0.25) is 24.4 Å². The number of primary amides is 1. The van der Waals surface area contributed by atoms with Gasteiger partial charge >= 0.3 is 0 Å². The summed E-state index contributed by atoms with van der Waals surface area (Å²) in [5, 5.41) is 2.33. The fourth-order valence-corrected chi connectivity index (χ4v) is 4.26. The molecule has 5 rings (SSSR count). The Kier molecular flexibility index (Phi) is 6.49. The number of hydrogen-bond donors (Lipinski definition) is 2. The van der Waals surface area contributed by atoms with E-state index < -0.39 is 29.2 Å². The quantitative estimate of drug-likeness (QED) is 0.404. The number of pyridine rings is 1. The van der Waals surface area contributed by atoms with E-state index in [1.807, 2.05) is 12.1 Å². The van der Waals surface area contributed by atoms with Crippen LogP contribution in [0.25, 0.3) is 11.0 Å². The fourth-order valence-electron chi connectivity index (χ4n) is 4.26. The van der Waals surface area contributed by atoms with Gasteiger partial charge < -0.3 is 19.9 Å². The molecule has 0 unspecified atom stereocenters. The van der Waals surface area contributed by atoms with E-state index in [1.54, 1.807) is 18.5 Å². The molecule has 0 radical (unpaired) electrons. The van der Waals surface area contributed by atoms with Crippen LogP contribution in [0.3, 0.4) is 0 Å². The number of piperazine rings is 1. The van der Waals surface area contributed by atoms with Gasteiger partial charge in [0.15, 0.2) is 17.2 Å². The van der Waals surface area contributed by atoms with Crippen molar-refractivity contribution >= 4 is 28.5 Å². The summed E-state index contributed by atoms with van der Waals surface area (Å²) in [5.41, 5.74) is 5.92. The van der Waals surface area contributed by atoms with Gasteiger partial charge in [0.1, 0.15) is 17.3 Å². The maximum Gasteiger partial charge on any atom is 0.291 e. The molecule has 1 aromatic carbocycles. The van der Waals surface area contributed by atoms with Gasteiger partial charge in [-0.05, 0) is 35.9 Å². The number of fused-ring (bicyclic) bond motifs is 1. The van der Waals surface area contributed by atoms with E-state index in [0.717, 1.165) is 38.8 Å². The van der Waals surface area contributed by atoms with Crippen molar-refractivity contribution in [3.63, 3.8) is 0 Å². The Morgan fingerprint density at radius 1 is 0.972 bits per heavy atom. The average molecular weight is 495 g/mol. The molecule has 4 heterocycles. The normalized spacial score (nSPS) is 14.8. The lowest BCUT2D eigenvalue weighted by Crippen LogP contribution is -2.45. The molecule has 0 atom stereocenters. The van der Waals surface area contributed by atoms with E-state index in [4.69, 9.17) is 14.6 Å². The molecule has 1 aliphatic rings. The molecule has 186 valence electrons. The van der Waals surface area contributed by atoms with Crippen molar-refractivity contribution in [1.82, 2.24) is 14.8 Å². The average Bonchev–Trinajstić information content (AvgIpc) is 3.46. The van der Waals surface area contributed by atoms with Crippen molar-refractivity contribution in [2.45, 2.75) is 13.1 Å². The highest BCUT2D eigenvalue weighted by atomic mass is 19.1. The Hall–Kier alpha value is -4.09. The van der Waals surface area contributed by atoms with E-state index in [1.165, 1.54) is 11.6 Å². The van der Waals surface area contributed by atoms with E-state index in [2.05, 4.69) is 20.1 Å². The topological polar surface area (TPSA) is 118 Å². The Labute approximate surface area is 204 Å². The monoisotopic (exact) mass is 495 g/mol. The second kappa shape index (κ2) is 9.88. The summed E-state index contributed by atoms with van der Waals surface area (Å²) in [5.74, 6) is -3.58. The Bertz CT molecular complexity index is 1410. The number of benzene rings is 1. The first-order chi connectivity index (χ1) is 17.4. The van der Waals surface area contributed by atoms with Crippen LogP contribution in [0.15, 0.2) is 57.6 Å². The number of halogens is 2. The summed E-state index contributed by atoms with van der Waals surface area (Å²) in [7, 11) is 0. The number of carbonyl (C=O) groups is 2. The standard InChI is InChI=1S/C25H23F2N5O4/c26-16-11-18-21(23(24(28)33)36-22(18)19(27)12-16)30-25(34)20-2-1-17(35-20)14-32-9-7-31(8-10-32)13-15-3-5-29-6-4-15/h1-6,11-12H,7-10,13-14H2,(H2,28,33)(H,30,34). The highest BCUT2D eigenvalue weighted by molar-refractivity contribution is 6.13. The van der Waals surface area contributed by atoms with Gasteiger partial charge in [0.2, 0.25) is 5.76 Å². The first-order valence-electron chi connectivity index (χ1n) is 11.3. The number of amides is 2. The third-order valence-corrected chi connectivity index (χ3v) is 6.06. The molecular weight excluding hydrogens is 472 g/mol. The summed E-state index contributed by atoms with van der Waals surface area (Å²) >= 11 is 0. The van der Waals surface area contributed by atoms with Crippen LogP contribution in [0.2, 0.25) is 0 Å². The first kappa shape index (κ1) is 23.6. The molecule has 11 heteroatoms. The molecule has 36 heavy (non-hydrogen) atoms. The van der Waals surface area contributed by atoms with Gasteiger partial charge in [-0.2, -0.15) is 0 Å². The largest absolute Gasteiger partial charge is 0.455 e. The number of nitrogens with two attached hydrogens (primary N) is 1. The van der Waals surface area contributed by atoms with Crippen LogP contribution in [0.5, 0.6) is 0 Å². The number of nitrogens with zero attached hydrogens (tertiary/aromatic N) is 3. The van der Waals surface area contributed by atoms with Crippen molar-refractivity contribution in [3.8, 4) is 0 Å². The molecule has 3 aromatic heterocycles. The minimum absolute atomic E-state index is 0.0250. The van der Waals surface area contributed by atoms with Crippen LogP contribution in [-0.4, -0.2) is 52.8 Å². The van der Waals surface area contributed by atoms with Crippen molar-refractivity contribution in [1.29, 1.82) is 0 Å². The molecule has 0 spiro atoms. The molecule has 0 aliphatic carbocycles. The van der Waals surface area contributed by atoms with Crippen LogP contribution >= 0.6 is 0 Å². The second-order valence-electron chi connectivity index (χ2n) is 8.56. The van der Waals surface area contributed by atoms with Crippen LogP contribution in [-0.2, 0) is 13.1 Å². The predicted octanol–water partition coefficient (Wildman–Crippen LogP) is 3.37. The molecule has 0 bridgehead atoms. The third kappa shape index (κ3) is 4.97. The lowest BCUT2D eigenvalue weighted by atomic mass is 10.2. The molecule has 3 N–H and O–H groups in total. The molecule has 0 saturated carbocycles. The molecule has 2 amide bonds. The zero-order chi connectivity index (χ0) is 25.2. The van der Waals surface area contributed by atoms with E-state index >= 15 is 0 Å². The zero-order valence-corrected chi connectivity index (χ0v) is 19.2. The van der Waals surface area contributed by atoms with E-state index in [-0.39, 0.29) is 22.4 Å². The highest BCUT2D eigenvalue weighted by Crippen LogP contribution is 2.33. The number of rotatable bonds is 7. The van der Waals surface area contributed by atoms with Gasteiger partial charge in [-0.15, -0.1) is 0 Å². The second-order valence-corrected chi connectivity index (χ2v) is 8.56. The van der Waals surface area contributed by atoms with Gasteiger partial charge in [-0.25, -0.2) is 8.78 Å². The Morgan fingerprint density at radius 2 is 1.67 bits per heavy atom. The predicted molar refractivity (Wildman–Crippen MR) is 126 cm³/mol. The van der Waals surface area contributed by atoms with Crippen molar-refractivity contribution < 1.29 is 27.2 Å². The fraction of sp³-hybridized carbons (Fsp3) is 0.240. The SMILES string of the molecule is NC(=O)c1oc2c(F)cc(F)cc2c1NC(=O)c1ccc(CN2CCN(Cc3ccncc3)CC2)o1. The third-order valence-electron chi connectivity index (χ3n) is 6.06. The van der Waals surface area contributed by atoms with Gasteiger partial charge in [-0.1, -0.05) is 0 Å². The maximum absolute atomic E-state index is 14.1. The van der Waals surface area contributed by atoms with Crippen molar-refractivity contribution in [2.24, 2.45) is 5.73 Å². The van der Waals surface area contributed by atoms with E-state index in [0.29, 0.717) is 18.4 Å². The number of nitrogens with one attached hydrogen (secondary N) is 1. The maximum atomic E-state index is 14.1. The molecule has 1 saturated heterocycles. The lowest BCUT2D eigenvalue weighted by molar-refractivity contribution is 0.0976. The summed E-state index contributed by atoms with van der Waals surface area (Å²) in [6.07, 6.45) is 3.58. The number of hydrogen-bond acceptors (Lipinski definition) is 7. The van der Waals surface area contributed by atoms with Gasteiger partial charge in [0.05, 0.1) is 11.9 Å². The molecule has 1 aliphatic heterocycles. The number of anilines is 1. The Balaban J connectivity index is 1.23. The van der Waals surface area contributed by atoms with E-state index in [9.17, 15) is 18.4 Å².